The summed E-state index contributed by atoms with van der Waals surface area (Å²) in [4.78, 5) is 32.0. The van der Waals surface area contributed by atoms with Crippen molar-refractivity contribution in [3.8, 4) is 5.75 Å². The second-order valence-corrected chi connectivity index (χ2v) is 8.76. The van der Waals surface area contributed by atoms with Crippen LogP contribution in [0.25, 0.3) is 10.9 Å². The third-order valence-corrected chi connectivity index (χ3v) is 6.62. The first-order valence-corrected chi connectivity index (χ1v) is 10.9. The molecule has 7 heteroatoms. The summed E-state index contributed by atoms with van der Waals surface area (Å²) in [7, 11) is 0. The van der Waals surface area contributed by atoms with Gasteiger partial charge in [-0.2, -0.15) is 0 Å². The molecule has 3 aromatic rings. The number of benzene rings is 2. The Labute approximate surface area is 186 Å². The van der Waals surface area contributed by atoms with E-state index in [2.05, 4.69) is 17.2 Å². The van der Waals surface area contributed by atoms with Gasteiger partial charge in [0, 0.05) is 30.8 Å². The molecule has 0 aliphatic carbocycles. The van der Waals surface area contributed by atoms with Gasteiger partial charge in [0.25, 0.3) is 0 Å². The van der Waals surface area contributed by atoms with E-state index < -0.39 is 17.6 Å². The summed E-state index contributed by atoms with van der Waals surface area (Å²) in [6, 6.07) is 17.6. The Hall–Kier alpha value is -3.61. The number of hydrogen-bond donors (Lipinski definition) is 2. The normalized spacial score (nSPS) is 24.1. The molecule has 0 radical (unpaired) electrons. The number of amides is 2. The Morgan fingerprint density at radius 1 is 1.25 bits per heavy atom. The van der Waals surface area contributed by atoms with Crippen LogP contribution in [-0.2, 0) is 9.59 Å². The van der Waals surface area contributed by atoms with E-state index in [-0.39, 0.29) is 11.8 Å². The Bertz CT molecular complexity index is 1230. The number of aryl methyl sites for hydroxylation is 1. The van der Waals surface area contributed by atoms with Gasteiger partial charge in [-0.15, -0.1) is 0 Å². The molecule has 7 nitrogen and oxygen atoms in total. The van der Waals surface area contributed by atoms with Gasteiger partial charge < -0.3 is 20.7 Å². The van der Waals surface area contributed by atoms with E-state index >= 15 is 0 Å². The highest BCUT2D eigenvalue weighted by Crippen LogP contribution is 2.49. The van der Waals surface area contributed by atoms with Crippen LogP contribution in [0, 0.1) is 12.8 Å². The molecule has 1 aromatic heterocycles. The van der Waals surface area contributed by atoms with Gasteiger partial charge in [-0.3, -0.25) is 9.59 Å². The highest BCUT2D eigenvalue weighted by molar-refractivity contribution is 6.01. The Morgan fingerprint density at radius 2 is 2.00 bits per heavy atom. The van der Waals surface area contributed by atoms with Crippen molar-refractivity contribution in [1.29, 1.82) is 0 Å². The van der Waals surface area contributed by atoms with Gasteiger partial charge in [-0.05, 0) is 43.2 Å². The SMILES string of the molecule is Cc1cc(NCCN2C(=O)C(C(N)=O)C3CC2(C)Oc2ccccc23)nc2ccccc12. The summed E-state index contributed by atoms with van der Waals surface area (Å²) in [6.07, 6.45) is 0.524. The summed E-state index contributed by atoms with van der Waals surface area (Å²) in [5.41, 5.74) is 7.77. The van der Waals surface area contributed by atoms with Gasteiger partial charge in [0.2, 0.25) is 11.8 Å². The number of para-hydroxylation sites is 2. The molecule has 2 amide bonds. The van der Waals surface area contributed by atoms with Crippen molar-refractivity contribution in [2.45, 2.75) is 31.9 Å². The molecular formula is C25H26N4O3. The molecule has 1 fully saturated rings. The molecular weight excluding hydrogens is 404 g/mol. The molecule has 164 valence electrons. The fraction of sp³-hybridized carbons (Fsp3) is 0.320. The number of anilines is 1. The molecule has 3 heterocycles. The predicted molar refractivity (Wildman–Crippen MR) is 122 cm³/mol. The van der Waals surface area contributed by atoms with E-state index in [1.54, 1.807) is 4.90 Å². The van der Waals surface area contributed by atoms with Crippen LogP contribution in [0.4, 0.5) is 5.82 Å². The molecule has 32 heavy (non-hydrogen) atoms. The maximum Gasteiger partial charge on any atom is 0.238 e. The van der Waals surface area contributed by atoms with Gasteiger partial charge in [0.1, 0.15) is 17.5 Å². The van der Waals surface area contributed by atoms with Crippen molar-refractivity contribution in [3.63, 3.8) is 0 Å². The fourth-order valence-electron chi connectivity index (χ4n) is 5.11. The molecule has 3 N–H and O–H groups in total. The fourth-order valence-corrected chi connectivity index (χ4v) is 5.11. The van der Waals surface area contributed by atoms with E-state index in [4.69, 9.17) is 10.5 Å². The molecule has 2 aliphatic heterocycles. The van der Waals surface area contributed by atoms with E-state index in [1.807, 2.05) is 61.5 Å². The number of pyridine rings is 1. The quantitative estimate of drug-likeness (QED) is 0.606. The van der Waals surface area contributed by atoms with Gasteiger partial charge in [-0.1, -0.05) is 36.4 Å². The highest BCUT2D eigenvalue weighted by Gasteiger charge is 2.55. The number of nitrogens with zero attached hydrogens (tertiary/aromatic N) is 2. The second kappa shape index (κ2) is 7.51. The number of likely N-dealkylation sites (tertiary alicyclic amines) is 1. The molecule has 2 aromatic carbocycles. The summed E-state index contributed by atoms with van der Waals surface area (Å²) < 4.78 is 6.29. The number of ether oxygens (including phenoxy) is 1. The van der Waals surface area contributed by atoms with Crippen molar-refractivity contribution < 1.29 is 14.3 Å². The number of fused-ring (bicyclic) bond motifs is 5. The van der Waals surface area contributed by atoms with Gasteiger partial charge in [-0.25, -0.2) is 4.98 Å². The number of nitrogens with two attached hydrogens (primary N) is 1. The van der Waals surface area contributed by atoms with Crippen molar-refractivity contribution in [2.24, 2.45) is 11.7 Å². The average molecular weight is 431 g/mol. The summed E-state index contributed by atoms with van der Waals surface area (Å²) in [5, 5.41) is 4.44. The average Bonchev–Trinajstić information content (AvgIpc) is 2.75. The number of nitrogens with one attached hydrogen (secondary N) is 1. The molecule has 5 rings (SSSR count). The van der Waals surface area contributed by atoms with Gasteiger partial charge in [0.15, 0.2) is 5.72 Å². The van der Waals surface area contributed by atoms with Crippen molar-refractivity contribution in [2.75, 3.05) is 18.4 Å². The van der Waals surface area contributed by atoms with Crippen LogP contribution >= 0.6 is 0 Å². The van der Waals surface area contributed by atoms with Crippen LogP contribution in [0.15, 0.2) is 54.6 Å². The molecule has 1 saturated heterocycles. The minimum absolute atomic E-state index is 0.274. The third-order valence-electron chi connectivity index (χ3n) is 6.62. The zero-order valence-electron chi connectivity index (χ0n) is 18.2. The topological polar surface area (TPSA) is 97.6 Å². The minimum Gasteiger partial charge on any atom is -0.468 e. The van der Waals surface area contributed by atoms with Crippen molar-refractivity contribution in [1.82, 2.24) is 9.88 Å². The molecule has 2 bridgehead atoms. The maximum absolute atomic E-state index is 13.4. The Balaban J connectivity index is 1.39. The van der Waals surface area contributed by atoms with Crippen molar-refractivity contribution in [3.05, 3.63) is 65.7 Å². The van der Waals surface area contributed by atoms with Gasteiger partial charge >= 0.3 is 0 Å². The molecule has 3 unspecified atom stereocenters. The zero-order valence-corrected chi connectivity index (χ0v) is 18.2. The van der Waals surface area contributed by atoms with Crippen LogP contribution in [-0.4, -0.2) is 40.5 Å². The van der Waals surface area contributed by atoms with Crippen LogP contribution < -0.4 is 15.8 Å². The summed E-state index contributed by atoms with van der Waals surface area (Å²) >= 11 is 0. The molecule has 3 atom stereocenters. The molecule has 0 saturated carbocycles. The van der Waals surface area contributed by atoms with Gasteiger partial charge in [0.05, 0.1) is 5.52 Å². The number of aromatic nitrogens is 1. The lowest BCUT2D eigenvalue weighted by molar-refractivity contribution is -0.174. The van der Waals surface area contributed by atoms with Crippen LogP contribution in [0.2, 0.25) is 0 Å². The van der Waals surface area contributed by atoms with Crippen LogP contribution in [0.1, 0.15) is 30.4 Å². The minimum atomic E-state index is -0.894. The second-order valence-electron chi connectivity index (χ2n) is 8.76. The lowest BCUT2D eigenvalue weighted by Crippen LogP contribution is -2.65. The molecule has 2 aliphatic rings. The smallest absolute Gasteiger partial charge is 0.238 e. The first-order valence-electron chi connectivity index (χ1n) is 10.9. The number of carbonyl (C=O) groups excluding carboxylic acids is 2. The van der Waals surface area contributed by atoms with E-state index in [1.165, 1.54) is 0 Å². The number of primary amides is 1. The van der Waals surface area contributed by atoms with Crippen molar-refractivity contribution >= 4 is 28.5 Å². The lowest BCUT2D eigenvalue weighted by Gasteiger charge is -2.52. The van der Waals surface area contributed by atoms with E-state index in [9.17, 15) is 9.59 Å². The number of rotatable bonds is 5. The summed E-state index contributed by atoms with van der Waals surface area (Å²) in [5.74, 6) is -0.596. The standard InChI is InChI=1S/C25H26N4O3/c1-15-13-21(28-19-9-5-3-7-16(15)19)27-11-12-29-24(31)22(23(26)30)18-14-25(29,2)32-20-10-6-4-8-17(18)20/h3-10,13,18,22H,11-12,14H2,1-2H3,(H2,26,30)(H,27,28). The largest absolute Gasteiger partial charge is 0.468 e. The van der Waals surface area contributed by atoms with Crippen LogP contribution in [0.3, 0.4) is 0 Å². The number of carbonyl (C=O) groups is 2. The number of piperidine rings is 1. The predicted octanol–water partition coefficient (Wildman–Crippen LogP) is 3.18. The first kappa shape index (κ1) is 20.3. The third kappa shape index (κ3) is 3.25. The van der Waals surface area contributed by atoms with Crippen LogP contribution in [0.5, 0.6) is 5.75 Å². The Morgan fingerprint density at radius 3 is 2.81 bits per heavy atom. The zero-order chi connectivity index (χ0) is 22.5. The number of hydrogen-bond acceptors (Lipinski definition) is 5. The summed E-state index contributed by atoms with van der Waals surface area (Å²) in [6.45, 7) is 4.79. The first-order chi connectivity index (χ1) is 15.4. The van der Waals surface area contributed by atoms with E-state index in [0.717, 1.165) is 27.8 Å². The maximum atomic E-state index is 13.4. The lowest BCUT2D eigenvalue weighted by atomic mass is 9.73. The molecule has 0 spiro atoms. The highest BCUT2D eigenvalue weighted by atomic mass is 16.5. The Kier molecular flexibility index (Phi) is 4.77. The van der Waals surface area contributed by atoms with E-state index in [0.29, 0.717) is 25.3 Å². The monoisotopic (exact) mass is 430 g/mol.